The van der Waals surface area contributed by atoms with E-state index < -0.39 is 0 Å². The van der Waals surface area contributed by atoms with Gasteiger partial charge in [-0.2, -0.15) is 0 Å². The van der Waals surface area contributed by atoms with Crippen LogP contribution in [-0.2, 0) is 0 Å². The lowest BCUT2D eigenvalue weighted by Crippen LogP contribution is -2.41. The van der Waals surface area contributed by atoms with Gasteiger partial charge < -0.3 is 14.6 Å². The van der Waals surface area contributed by atoms with Crippen LogP contribution in [0.25, 0.3) is 0 Å². The van der Waals surface area contributed by atoms with Gasteiger partial charge in [-0.25, -0.2) is 0 Å². The van der Waals surface area contributed by atoms with Crippen molar-refractivity contribution in [1.82, 2.24) is 5.32 Å². The summed E-state index contributed by atoms with van der Waals surface area (Å²) in [5, 5.41) is 13.8. The zero-order valence-electron chi connectivity index (χ0n) is 15.7. The number of aromatic hydroxyl groups is 1. The third kappa shape index (κ3) is 3.68. The van der Waals surface area contributed by atoms with E-state index in [-0.39, 0.29) is 12.2 Å². The van der Waals surface area contributed by atoms with Gasteiger partial charge in [-0.3, -0.25) is 10.3 Å². The van der Waals surface area contributed by atoms with Crippen molar-refractivity contribution < 1.29 is 14.6 Å². The molecule has 5 nitrogen and oxygen atoms in total. The summed E-state index contributed by atoms with van der Waals surface area (Å²) < 4.78 is 10.8. The van der Waals surface area contributed by atoms with Gasteiger partial charge in [-0.1, -0.05) is 32.0 Å². The highest BCUT2D eigenvalue weighted by molar-refractivity contribution is 6.02. The quantitative estimate of drug-likeness (QED) is 0.854. The third-order valence-corrected chi connectivity index (χ3v) is 4.72. The first-order valence-corrected chi connectivity index (χ1v) is 8.86. The van der Waals surface area contributed by atoms with Crippen molar-refractivity contribution in [3.8, 4) is 17.2 Å². The molecule has 0 fully saturated rings. The number of phenolic OH excluding ortho intramolecular Hbond substituents is 1. The smallest absolute Gasteiger partial charge is 0.161 e. The van der Waals surface area contributed by atoms with E-state index in [0.717, 1.165) is 16.8 Å². The molecule has 0 saturated heterocycles. The van der Waals surface area contributed by atoms with Crippen molar-refractivity contribution in [2.75, 3.05) is 14.2 Å². The minimum Gasteiger partial charge on any atom is -0.508 e. The van der Waals surface area contributed by atoms with E-state index in [1.165, 1.54) is 0 Å². The molecule has 2 N–H and O–H groups in total. The molecule has 138 valence electrons. The number of hydrogen-bond donors (Lipinski definition) is 2. The Morgan fingerprint density at radius 2 is 1.81 bits per heavy atom. The molecular formula is C21H26N2O3. The highest BCUT2D eigenvalue weighted by atomic mass is 16.5. The fraction of sp³-hybridized carbons (Fsp3) is 0.381. The van der Waals surface area contributed by atoms with Crippen LogP contribution in [0.5, 0.6) is 17.2 Å². The first-order chi connectivity index (χ1) is 12.5. The molecule has 1 heterocycles. The highest BCUT2D eigenvalue weighted by Gasteiger charge is 2.28. The van der Waals surface area contributed by atoms with Crippen LogP contribution in [0, 0.1) is 5.92 Å². The minimum absolute atomic E-state index is 0.00389. The number of methoxy groups -OCH3 is 2. The lowest BCUT2D eigenvalue weighted by Gasteiger charge is -2.32. The number of aliphatic imine (C=N–C) groups is 1. The Morgan fingerprint density at radius 3 is 2.46 bits per heavy atom. The third-order valence-electron chi connectivity index (χ3n) is 4.72. The molecule has 2 unspecified atom stereocenters. The van der Waals surface area contributed by atoms with Gasteiger partial charge in [0.2, 0.25) is 0 Å². The summed E-state index contributed by atoms with van der Waals surface area (Å²) in [7, 11) is 3.26. The average Bonchev–Trinajstić information content (AvgIpc) is 2.67. The van der Waals surface area contributed by atoms with Gasteiger partial charge in [0.15, 0.2) is 11.5 Å². The van der Waals surface area contributed by atoms with Gasteiger partial charge in [0.25, 0.3) is 0 Å². The summed E-state index contributed by atoms with van der Waals surface area (Å²) in [6.07, 6.45) is 0.674. The van der Waals surface area contributed by atoms with E-state index >= 15 is 0 Å². The van der Waals surface area contributed by atoms with Crippen LogP contribution in [0.2, 0.25) is 0 Å². The van der Waals surface area contributed by atoms with Crippen LogP contribution >= 0.6 is 0 Å². The molecule has 0 amide bonds. The minimum atomic E-state index is -0.0172. The zero-order chi connectivity index (χ0) is 18.7. The van der Waals surface area contributed by atoms with E-state index in [9.17, 15) is 5.11 Å². The Balaban J connectivity index is 1.98. The zero-order valence-corrected chi connectivity index (χ0v) is 15.7. The molecule has 0 aliphatic carbocycles. The van der Waals surface area contributed by atoms with E-state index in [2.05, 4.69) is 19.2 Å². The van der Waals surface area contributed by atoms with Gasteiger partial charge in [0.05, 0.1) is 14.2 Å². The number of nitrogens with zero attached hydrogens (tertiary/aromatic N) is 1. The molecule has 2 aromatic carbocycles. The molecule has 1 aliphatic rings. The SMILES string of the molecule is COc1ccc(C2=NC(C(C)C)NC(c3ccccc3O)C2)cc1OC. The number of nitrogens with one attached hydrogen (secondary N) is 1. The van der Waals surface area contributed by atoms with Crippen LogP contribution in [0.3, 0.4) is 0 Å². The lowest BCUT2D eigenvalue weighted by molar-refractivity contribution is 0.344. The van der Waals surface area contributed by atoms with E-state index in [1.807, 2.05) is 36.4 Å². The van der Waals surface area contributed by atoms with Gasteiger partial charge >= 0.3 is 0 Å². The Morgan fingerprint density at radius 1 is 1.08 bits per heavy atom. The fourth-order valence-corrected chi connectivity index (χ4v) is 3.25. The number of ether oxygens (including phenoxy) is 2. The predicted molar refractivity (Wildman–Crippen MR) is 103 cm³/mol. The Hall–Kier alpha value is -2.53. The second-order valence-corrected chi connectivity index (χ2v) is 6.82. The second-order valence-electron chi connectivity index (χ2n) is 6.82. The number of para-hydroxylation sites is 1. The number of phenols is 1. The molecule has 1 aliphatic heterocycles. The maximum absolute atomic E-state index is 10.3. The summed E-state index contributed by atoms with van der Waals surface area (Å²) in [4.78, 5) is 4.92. The molecule has 0 saturated carbocycles. The van der Waals surface area contributed by atoms with E-state index in [0.29, 0.717) is 29.6 Å². The molecule has 0 spiro atoms. The number of hydrogen-bond acceptors (Lipinski definition) is 5. The number of rotatable bonds is 5. The molecule has 3 rings (SSSR count). The van der Waals surface area contributed by atoms with Crippen LogP contribution in [0.1, 0.15) is 37.4 Å². The first-order valence-electron chi connectivity index (χ1n) is 8.86. The second kappa shape index (κ2) is 7.79. The summed E-state index contributed by atoms with van der Waals surface area (Å²) in [5.41, 5.74) is 2.90. The van der Waals surface area contributed by atoms with Crippen molar-refractivity contribution in [3.05, 3.63) is 53.6 Å². The largest absolute Gasteiger partial charge is 0.508 e. The van der Waals surface area contributed by atoms with Crippen LogP contribution in [0.4, 0.5) is 0 Å². The van der Waals surface area contributed by atoms with Crippen LogP contribution < -0.4 is 14.8 Å². The Bertz CT molecular complexity index is 802. The molecule has 26 heavy (non-hydrogen) atoms. The van der Waals surface area contributed by atoms with Crippen molar-refractivity contribution in [2.24, 2.45) is 10.9 Å². The lowest BCUT2D eigenvalue weighted by atomic mass is 9.93. The van der Waals surface area contributed by atoms with E-state index in [1.54, 1.807) is 20.3 Å². The maximum Gasteiger partial charge on any atom is 0.161 e. The standard InChI is InChI=1S/C21H26N2O3/c1-13(2)21-22-16(14-9-10-19(25-3)20(11-14)26-4)12-17(23-21)15-7-5-6-8-18(15)24/h5-11,13,17,21,23-24H,12H2,1-4H3. The maximum atomic E-state index is 10.3. The molecule has 5 heteroatoms. The summed E-state index contributed by atoms with van der Waals surface area (Å²) in [6, 6.07) is 13.3. The van der Waals surface area contributed by atoms with Gasteiger partial charge in [0, 0.05) is 23.7 Å². The van der Waals surface area contributed by atoms with Crippen LogP contribution in [-0.4, -0.2) is 31.2 Å². The monoisotopic (exact) mass is 354 g/mol. The van der Waals surface area contributed by atoms with Gasteiger partial charge in [-0.15, -0.1) is 0 Å². The van der Waals surface area contributed by atoms with Crippen LogP contribution in [0.15, 0.2) is 47.5 Å². The van der Waals surface area contributed by atoms with E-state index in [4.69, 9.17) is 14.5 Å². The Kier molecular flexibility index (Phi) is 5.47. The van der Waals surface area contributed by atoms with Crippen molar-refractivity contribution in [1.29, 1.82) is 0 Å². The molecular weight excluding hydrogens is 328 g/mol. The van der Waals surface area contributed by atoms with Crippen molar-refractivity contribution in [3.63, 3.8) is 0 Å². The topological polar surface area (TPSA) is 63.1 Å². The molecule has 2 atom stereocenters. The first kappa shape index (κ1) is 18.3. The predicted octanol–water partition coefficient (Wildman–Crippen LogP) is 3.92. The summed E-state index contributed by atoms with van der Waals surface area (Å²) >= 11 is 0. The fourth-order valence-electron chi connectivity index (χ4n) is 3.25. The highest BCUT2D eigenvalue weighted by Crippen LogP contribution is 2.34. The van der Waals surface area contributed by atoms with Gasteiger partial charge in [0.1, 0.15) is 11.9 Å². The summed E-state index contributed by atoms with van der Waals surface area (Å²) in [5.74, 6) is 2.02. The molecule has 0 aromatic heterocycles. The molecule has 0 radical (unpaired) electrons. The Labute approximate surface area is 154 Å². The van der Waals surface area contributed by atoms with Gasteiger partial charge in [-0.05, 0) is 35.7 Å². The van der Waals surface area contributed by atoms with Crippen molar-refractivity contribution >= 4 is 5.71 Å². The normalized spacial score (nSPS) is 20.0. The molecule has 0 bridgehead atoms. The summed E-state index contributed by atoms with van der Waals surface area (Å²) in [6.45, 7) is 4.28. The van der Waals surface area contributed by atoms with Crippen molar-refractivity contribution in [2.45, 2.75) is 32.5 Å². The number of benzene rings is 2. The average molecular weight is 354 g/mol. The molecule has 2 aromatic rings.